The molecule has 78 valence electrons. The molecule has 0 saturated heterocycles. The van der Waals surface area contributed by atoms with Gasteiger partial charge in [0.05, 0.1) is 12.1 Å². The van der Waals surface area contributed by atoms with E-state index in [9.17, 15) is 5.11 Å². The van der Waals surface area contributed by atoms with E-state index in [1.165, 1.54) is 7.11 Å². The number of rotatable bonds is 3. The molecule has 0 aliphatic carbocycles. The minimum atomic E-state index is 0.0913. The Kier molecular flexibility index (Phi) is 3.61. The van der Waals surface area contributed by atoms with Crippen molar-refractivity contribution in [2.45, 2.75) is 13.3 Å². The Balaban J connectivity index is 3.29. The van der Waals surface area contributed by atoms with Crippen LogP contribution in [0.2, 0.25) is 5.02 Å². The van der Waals surface area contributed by atoms with Gasteiger partial charge in [0.2, 0.25) is 0 Å². The molecule has 1 aromatic rings. The van der Waals surface area contributed by atoms with Crippen molar-refractivity contribution in [3.8, 4) is 11.5 Å². The zero-order valence-corrected chi connectivity index (χ0v) is 9.06. The summed E-state index contributed by atoms with van der Waals surface area (Å²) < 4.78 is 5.02. The number of halogens is 1. The summed E-state index contributed by atoms with van der Waals surface area (Å²) in [6.45, 7) is 2.31. The molecule has 0 bridgehead atoms. The number of phenolic OH excluding ortho intramolecular Hbond substituents is 1. The maximum absolute atomic E-state index is 9.76. The molecule has 0 spiro atoms. The van der Waals surface area contributed by atoms with Gasteiger partial charge in [-0.25, -0.2) is 0 Å². The fraction of sp³-hybridized carbons (Fsp3) is 0.400. The Morgan fingerprint density at radius 1 is 1.57 bits per heavy atom. The summed E-state index contributed by atoms with van der Waals surface area (Å²) in [5.74, 6) is 0.531. The average molecular weight is 216 g/mol. The topological polar surface area (TPSA) is 55.5 Å². The molecule has 0 radical (unpaired) electrons. The SMILES string of the molecule is COc1cc(C)c(Cl)c(CCN)c1O. The zero-order chi connectivity index (χ0) is 10.7. The van der Waals surface area contributed by atoms with Gasteiger partial charge in [-0.15, -0.1) is 0 Å². The highest BCUT2D eigenvalue weighted by Gasteiger charge is 2.13. The lowest BCUT2D eigenvalue weighted by Gasteiger charge is -2.12. The summed E-state index contributed by atoms with van der Waals surface area (Å²) in [5.41, 5.74) is 6.97. The molecule has 0 atom stereocenters. The highest BCUT2D eigenvalue weighted by Crippen LogP contribution is 2.37. The van der Waals surface area contributed by atoms with Crippen LogP contribution in [0, 0.1) is 6.92 Å². The largest absolute Gasteiger partial charge is 0.504 e. The van der Waals surface area contributed by atoms with Gasteiger partial charge in [-0.3, -0.25) is 0 Å². The first-order valence-corrected chi connectivity index (χ1v) is 4.74. The van der Waals surface area contributed by atoms with E-state index in [1.54, 1.807) is 6.07 Å². The van der Waals surface area contributed by atoms with E-state index in [2.05, 4.69) is 0 Å². The van der Waals surface area contributed by atoms with E-state index in [4.69, 9.17) is 22.1 Å². The molecule has 0 saturated carbocycles. The highest BCUT2D eigenvalue weighted by atomic mass is 35.5. The van der Waals surface area contributed by atoms with E-state index < -0.39 is 0 Å². The number of ether oxygens (including phenoxy) is 1. The normalized spacial score (nSPS) is 10.3. The molecule has 0 fully saturated rings. The number of hydrogen-bond donors (Lipinski definition) is 2. The first kappa shape index (κ1) is 11.1. The number of benzene rings is 1. The summed E-state index contributed by atoms with van der Waals surface area (Å²) in [4.78, 5) is 0. The molecule has 4 heteroatoms. The molecular formula is C10H14ClNO2. The number of phenols is 1. The third-order valence-electron chi connectivity index (χ3n) is 2.09. The lowest BCUT2D eigenvalue weighted by Crippen LogP contribution is -2.04. The van der Waals surface area contributed by atoms with Gasteiger partial charge in [0.15, 0.2) is 11.5 Å². The third-order valence-corrected chi connectivity index (χ3v) is 2.62. The van der Waals surface area contributed by atoms with E-state index in [0.29, 0.717) is 29.3 Å². The maximum Gasteiger partial charge on any atom is 0.162 e. The third kappa shape index (κ3) is 1.94. The lowest BCUT2D eigenvalue weighted by atomic mass is 10.1. The first-order valence-electron chi connectivity index (χ1n) is 4.36. The number of hydrogen-bond acceptors (Lipinski definition) is 3. The highest BCUT2D eigenvalue weighted by molar-refractivity contribution is 6.32. The molecular weight excluding hydrogens is 202 g/mol. The van der Waals surface area contributed by atoms with Crippen molar-refractivity contribution in [2.24, 2.45) is 5.73 Å². The van der Waals surface area contributed by atoms with Gasteiger partial charge in [0.25, 0.3) is 0 Å². The molecule has 1 rings (SSSR count). The van der Waals surface area contributed by atoms with Crippen LogP contribution in [0.3, 0.4) is 0 Å². The van der Waals surface area contributed by atoms with E-state index in [-0.39, 0.29) is 5.75 Å². The smallest absolute Gasteiger partial charge is 0.162 e. The van der Waals surface area contributed by atoms with Gasteiger partial charge >= 0.3 is 0 Å². The summed E-state index contributed by atoms with van der Waals surface area (Å²) in [7, 11) is 1.51. The Labute approximate surface area is 88.4 Å². The van der Waals surface area contributed by atoms with E-state index in [1.807, 2.05) is 6.92 Å². The standard InChI is InChI=1S/C10H14ClNO2/c1-6-5-8(14-2)10(13)7(3-4-12)9(6)11/h5,13H,3-4,12H2,1-2H3. The predicted molar refractivity (Wildman–Crippen MR) is 57.2 cm³/mol. The van der Waals surface area contributed by atoms with Crippen LogP contribution in [0.1, 0.15) is 11.1 Å². The number of nitrogens with two attached hydrogens (primary N) is 1. The van der Waals surface area contributed by atoms with Gasteiger partial charge in [-0.1, -0.05) is 11.6 Å². The Bertz CT molecular complexity index is 339. The van der Waals surface area contributed by atoms with Crippen molar-refractivity contribution in [2.75, 3.05) is 13.7 Å². The van der Waals surface area contributed by atoms with Gasteiger partial charge in [-0.05, 0) is 31.5 Å². The summed E-state index contributed by atoms with van der Waals surface area (Å²) in [6, 6.07) is 1.71. The second-order valence-electron chi connectivity index (χ2n) is 3.08. The van der Waals surface area contributed by atoms with Gasteiger partial charge in [0, 0.05) is 5.56 Å². The second kappa shape index (κ2) is 4.53. The van der Waals surface area contributed by atoms with Crippen LogP contribution in [-0.4, -0.2) is 18.8 Å². The molecule has 0 aromatic heterocycles. The fourth-order valence-electron chi connectivity index (χ4n) is 1.35. The molecule has 0 aliphatic heterocycles. The molecule has 0 heterocycles. The van der Waals surface area contributed by atoms with Crippen LogP contribution in [-0.2, 0) is 6.42 Å². The summed E-state index contributed by atoms with van der Waals surface area (Å²) in [6.07, 6.45) is 0.544. The molecule has 14 heavy (non-hydrogen) atoms. The van der Waals surface area contributed by atoms with Crippen LogP contribution in [0.15, 0.2) is 6.07 Å². The minimum absolute atomic E-state index is 0.0913. The van der Waals surface area contributed by atoms with Crippen LogP contribution in [0.5, 0.6) is 11.5 Å². The van der Waals surface area contributed by atoms with Crippen molar-refractivity contribution < 1.29 is 9.84 Å². The quantitative estimate of drug-likeness (QED) is 0.810. The van der Waals surface area contributed by atoms with E-state index >= 15 is 0 Å². The van der Waals surface area contributed by atoms with Crippen molar-refractivity contribution in [1.29, 1.82) is 0 Å². The Morgan fingerprint density at radius 3 is 2.71 bits per heavy atom. The predicted octanol–water partition coefficient (Wildman–Crippen LogP) is 1.86. The fourth-order valence-corrected chi connectivity index (χ4v) is 1.59. The summed E-state index contributed by atoms with van der Waals surface area (Å²) in [5, 5.41) is 10.3. The molecule has 0 aliphatic rings. The van der Waals surface area contributed by atoms with Crippen molar-refractivity contribution in [3.05, 3.63) is 22.2 Å². The van der Waals surface area contributed by atoms with Crippen LogP contribution < -0.4 is 10.5 Å². The van der Waals surface area contributed by atoms with Gasteiger partial charge in [0.1, 0.15) is 0 Å². The zero-order valence-electron chi connectivity index (χ0n) is 8.30. The number of aromatic hydroxyl groups is 1. The molecule has 0 unspecified atom stereocenters. The minimum Gasteiger partial charge on any atom is -0.504 e. The van der Waals surface area contributed by atoms with Crippen LogP contribution in [0.4, 0.5) is 0 Å². The number of aryl methyl sites for hydroxylation is 1. The Hall–Kier alpha value is -0.930. The molecule has 0 amide bonds. The summed E-state index contributed by atoms with van der Waals surface area (Å²) >= 11 is 6.04. The van der Waals surface area contributed by atoms with Gasteiger partial charge < -0.3 is 15.6 Å². The van der Waals surface area contributed by atoms with Crippen molar-refractivity contribution in [3.63, 3.8) is 0 Å². The van der Waals surface area contributed by atoms with E-state index in [0.717, 1.165) is 5.56 Å². The number of methoxy groups -OCH3 is 1. The first-order chi connectivity index (χ1) is 6.61. The van der Waals surface area contributed by atoms with Gasteiger partial charge in [-0.2, -0.15) is 0 Å². The maximum atomic E-state index is 9.76. The van der Waals surface area contributed by atoms with Crippen molar-refractivity contribution >= 4 is 11.6 Å². The van der Waals surface area contributed by atoms with Crippen LogP contribution in [0.25, 0.3) is 0 Å². The van der Waals surface area contributed by atoms with Crippen LogP contribution >= 0.6 is 11.6 Å². The van der Waals surface area contributed by atoms with Crippen molar-refractivity contribution in [1.82, 2.24) is 0 Å². The molecule has 1 aromatic carbocycles. The molecule has 3 N–H and O–H groups in total. The average Bonchev–Trinajstić information content (AvgIpc) is 2.18. The lowest BCUT2D eigenvalue weighted by molar-refractivity contribution is 0.370. The second-order valence-corrected chi connectivity index (χ2v) is 3.45. The molecule has 3 nitrogen and oxygen atoms in total. The monoisotopic (exact) mass is 215 g/mol. The Morgan fingerprint density at radius 2 is 2.21 bits per heavy atom.